The van der Waals surface area contributed by atoms with Crippen LogP contribution in [0.2, 0.25) is 0 Å². The Kier molecular flexibility index (Phi) is 5.69. The molecule has 0 radical (unpaired) electrons. The summed E-state index contributed by atoms with van der Waals surface area (Å²) in [7, 11) is 0. The molecule has 1 aromatic carbocycles. The van der Waals surface area contributed by atoms with E-state index in [1.807, 2.05) is 59.3 Å². The Morgan fingerprint density at radius 1 is 1.00 bits per heavy atom. The highest BCUT2D eigenvalue weighted by molar-refractivity contribution is 7.12. The molecule has 0 atom stereocenters. The number of hydrogen-bond acceptors (Lipinski definition) is 5. The molecule has 2 aromatic heterocycles. The molecule has 0 bridgehead atoms. The van der Waals surface area contributed by atoms with Gasteiger partial charge >= 0.3 is 5.97 Å². The molecule has 1 aliphatic heterocycles. The molecule has 0 saturated heterocycles. The highest BCUT2D eigenvalue weighted by Crippen LogP contribution is 2.26. The lowest BCUT2D eigenvalue weighted by Crippen LogP contribution is -2.38. The molecule has 3 aromatic rings. The molecule has 0 N–H and O–H groups in total. The number of carbonyl (C=O) groups is 2. The van der Waals surface area contributed by atoms with Gasteiger partial charge < -0.3 is 9.64 Å². The summed E-state index contributed by atoms with van der Waals surface area (Å²) in [6.07, 6.45) is 2.65. The monoisotopic (exact) mass is 409 g/mol. The largest absolute Gasteiger partial charge is 0.452 e. The highest BCUT2D eigenvalue weighted by Gasteiger charge is 2.22. The third-order valence-corrected chi connectivity index (χ3v) is 6.37. The number of esters is 1. The van der Waals surface area contributed by atoms with Crippen LogP contribution in [0, 0.1) is 0 Å². The van der Waals surface area contributed by atoms with Crippen LogP contribution in [0.3, 0.4) is 0 Å². The van der Waals surface area contributed by atoms with Crippen molar-refractivity contribution < 1.29 is 14.3 Å². The summed E-state index contributed by atoms with van der Waals surface area (Å²) in [5.74, 6) is -0.633. The summed E-state index contributed by atoms with van der Waals surface area (Å²) >= 11 is 3.03. The van der Waals surface area contributed by atoms with Crippen molar-refractivity contribution in [2.24, 2.45) is 0 Å². The van der Waals surface area contributed by atoms with Gasteiger partial charge in [0.2, 0.25) is 0 Å². The maximum Gasteiger partial charge on any atom is 0.340 e. The standard InChI is InChI=1S/C22H19NO3S2/c24-21(23-10-9-16-5-1-2-6-17(16)14-23)15-26-22(25)19(20-8-4-12-28-20)13-18-7-3-11-27-18/h1-8,11-13H,9-10,14-15H2. The molecule has 28 heavy (non-hydrogen) atoms. The lowest BCUT2D eigenvalue weighted by Gasteiger charge is -2.28. The van der Waals surface area contributed by atoms with E-state index in [9.17, 15) is 9.59 Å². The average Bonchev–Trinajstić information content (AvgIpc) is 3.43. The van der Waals surface area contributed by atoms with Gasteiger partial charge in [0.1, 0.15) is 0 Å². The molecule has 3 heterocycles. The van der Waals surface area contributed by atoms with Gasteiger partial charge in [0, 0.05) is 22.8 Å². The molecule has 0 fully saturated rings. The summed E-state index contributed by atoms with van der Waals surface area (Å²) in [4.78, 5) is 28.8. The second kappa shape index (κ2) is 8.54. The fourth-order valence-electron chi connectivity index (χ4n) is 3.18. The van der Waals surface area contributed by atoms with Gasteiger partial charge in [0.25, 0.3) is 5.91 Å². The third kappa shape index (κ3) is 4.24. The minimum Gasteiger partial charge on any atom is -0.452 e. The Labute approximate surface area is 171 Å². The molecule has 4 rings (SSSR count). The van der Waals surface area contributed by atoms with Crippen LogP contribution in [0.4, 0.5) is 0 Å². The molecule has 0 aliphatic carbocycles. The van der Waals surface area contributed by atoms with Gasteiger partial charge in [-0.1, -0.05) is 36.4 Å². The fraction of sp³-hybridized carbons (Fsp3) is 0.182. The number of thiophene rings is 2. The maximum absolute atomic E-state index is 12.7. The van der Waals surface area contributed by atoms with Crippen molar-refractivity contribution in [2.45, 2.75) is 13.0 Å². The van der Waals surface area contributed by atoms with Gasteiger partial charge in [-0.25, -0.2) is 4.79 Å². The first-order valence-corrected chi connectivity index (χ1v) is 10.8. The normalized spacial score (nSPS) is 13.9. The first-order chi connectivity index (χ1) is 13.7. The predicted octanol–water partition coefficient (Wildman–Crippen LogP) is 4.48. The van der Waals surface area contributed by atoms with E-state index in [1.165, 1.54) is 16.9 Å². The summed E-state index contributed by atoms with van der Waals surface area (Å²) in [5.41, 5.74) is 2.92. The van der Waals surface area contributed by atoms with Crippen LogP contribution in [-0.4, -0.2) is 29.9 Å². The number of hydrogen-bond donors (Lipinski definition) is 0. The van der Waals surface area contributed by atoms with Crippen molar-refractivity contribution in [1.82, 2.24) is 4.90 Å². The molecule has 4 nitrogen and oxygen atoms in total. The smallest absolute Gasteiger partial charge is 0.340 e. The van der Waals surface area contributed by atoms with Gasteiger partial charge in [-0.3, -0.25) is 4.79 Å². The Morgan fingerprint density at radius 2 is 1.79 bits per heavy atom. The van der Waals surface area contributed by atoms with Gasteiger partial charge in [0.05, 0.1) is 5.57 Å². The van der Waals surface area contributed by atoms with Crippen molar-refractivity contribution in [3.05, 3.63) is 80.2 Å². The zero-order valence-corrected chi connectivity index (χ0v) is 16.8. The van der Waals surface area contributed by atoms with Crippen molar-refractivity contribution >= 4 is 46.2 Å². The third-order valence-electron chi connectivity index (χ3n) is 4.65. The molecule has 0 spiro atoms. The number of benzene rings is 1. The first kappa shape index (κ1) is 18.7. The number of fused-ring (bicyclic) bond motifs is 1. The maximum atomic E-state index is 12.7. The molecule has 1 aliphatic rings. The van der Waals surface area contributed by atoms with Crippen LogP contribution in [-0.2, 0) is 27.3 Å². The van der Waals surface area contributed by atoms with Gasteiger partial charge in [-0.15, -0.1) is 22.7 Å². The van der Waals surface area contributed by atoms with Crippen LogP contribution in [0.1, 0.15) is 20.9 Å². The summed E-state index contributed by atoms with van der Waals surface area (Å²) < 4.78 is 5.39. The minimum atomic E-state index is -0.471. The average molecular weight is 410 g/mol. The van der Waals surface area contributed by atoms with Crippen molar-refractivity contribution in [3.8, 4) is 0 Å². The summed E-state index contributed by atoms with van der Waals surface area (Å²) in [6.45, 7) is 0.972. The predicted molar refractivity (Wildman–Crippen MR) is 113 cm³/mol. The number of carbonyl (C=O) groups excluding carboxylic acids is 2. The second-order valence-corrected chi connectivity index (χ2v) is 8.39. The van der Waals surface area contributed by atoms with Crippen LogP contribution in [0.5, 0.6) is 0 Å². The van der Waals surface area contributed by atoms with Crippen molar-refractivity contribution in [1.29, 1.82) is 0 Å². The second-order valence-electron chi connectivity index (χ2n) is 6.46. The van der Waals surface area contributed by atoms with Crippen LogP contribution >= 0.6 is 22.7 Å². The van der Waals surface area contributed by atoms with Crippen LogP contribution in [0.15, 0.2) is 59.3 Å². The molecule has 6 heteroatoms. The van der Waals surface area contributed by atoms with E-state index < -0.39 is 5.97 Å². The lowest BCUT2D eigenvalue weighted by atomic mass is 10.00. The van der Waals surface area contributed by atoms with E-state index in [-0.39, 0.29) is 12.5 Å². The van der Waals surface area contributed by atoms with Gasteiger partial charge in [-0.2, -0.15) is 0 Å². The molecule has 0 saturated carbocycles. The van der Waals surface area contributed by atoms with Crippen LogP contribution in [0.25, 0.3) is 11.6 Å². The molecular weight excluding hydrogens is 390 g/mol. The number of rotatable bonds is 5. The van der Waals surface area contributed by atoms with Crippen molar-refractivity contribution in [3.63, 3.8) is 0 Å². The topological polar surface area (TPSA) is 46.6 Å². The minimum absolute atomic E-state index is 0.162. The SMILES string of the molecule is O=C(OCC(=O)N1CCc2ccccc2C1)C(=Cc1cccs1)c1cccs1. The zero-order chi connectivity index (χ0) is 19.3. The fourth-order valence-corrected chi connectivity index (χ4v) is 4.57. The van der Waals surface area contributed by atoms with E-state index in [0.717, 1.165) is 21.7 Å². The molecule has 1 amide bonds. The Morgan fingerprint density at radius 3 is 2.54 bits per heavy atom. The zero-order valence-electron chi connectivity index (χ0n) is 15.2. The Balaban J connectivity index is 1.42. The summed E-state index contributed by atoms with van der Waals surface area (Å²) in [5, 5.41) is 3.88. The number of nitrogens with zero attached hydrogens (tertiary/aromatic N) is 1. The van der Waals surface area contributed by atoms with E-state index in [2.05, 4.69) is 6.07 Å². The van der Waals surface area contributed by atoms with Gasteiger partial charge in [0.15, 0.2) is 6.61 Å². The first-order valence-electron chi connectivity index (χ1n) is 9.01. The molecular formula is C22H19NO3S2. The Hall–Kier alpha value is -2.70. The number of ether oxygens (including phenoxy) is 1. The van der Waals surface area contributed by atoms with Crippen LogP contribution < -0.4 is 0 Å². The lowest BCUT2D eigenvalue weighted by molar-refractivity contribution is -0.147. The van der Waals surface area contributed by atoms with Gasteiger partial charge in [-0.05, 0) is 46.5 Å². The van der Waals surface area contributed by atoms with E-state index >= 15 is 0 Å². The van der Waals surface area contributed by atoms with E-state index in [4.69, 9.17) is 4.74 Å². The van der Waals surface area contributed by atoms with E-state index in [1.54, 1.807) is 16.2 Å². The van der Waals surface area contributed by atoms with Crippen molar-refractivity contribution in [2.75, 3.05) is 13.2 Å². The van der Waals surface area contributed by atoms with E-state index in [0.29, 0.717) is 18.7 Å². The molecule has 142 valence electrons. The highest BCUT2D eigenvalue weighted by atomic mass is 32.1. The number of amides is 1. The molecule has 0 unspecified atom stereocenters. The quantitative estimate of drug-likeness (QED) is 0.461. The Bertz CT molecular complexity index is 991. The summed E-state index contributed by atoms with van der Waals surface area (Å²) in [6, 6.07) is 15.8.